The summed E-state index contributed by atoms with van der Waals surface area (Å²) in [5, 5.41) is 6.33. The Hall–Kier alpha value is -3.91. The maximum Gasteiger partial charge on any atom is 0.319 e. The van der Waals surface area contributed by atoms with Gasteiger partial charge in [0.05, 0.1) is 34.5 Å². The quantitative estimate of drug-likeness (QED) is 0.472. The highest BCUT2D eigenvalue weighted by atomic mass is 35.5. The fourth-order valence-electron chi connectivity index (χ4n) is 4.51. The summed E-state index contributed by atoms with van der Waals surface area (Å²) in [5.74, 6) is 1.64. The highest BCUT2D eigenvalue weighted by Crippen LogP contribution is 2.50. The third-order valence-electron chi connectivity index (χ3n) is 6.11. The molecule has 4 rings (SSSR count). The van der Waals surface area contributed by atoms with Crippen molar-refractivity contribution in [2.45, 2.75) is 18.9 Å². The highest BCUT2D eigenvalue weighted by Gasteiger charge is 2.30. The van der Waals surface area contributed by atoms with Gasteiger partial charge in [0, 0.05) is 16.3 Å². The van der Waals surface area contributed by atoms with Crippen molar-refractivity contribution in [3.8, 4) is 34.1 Å². The first-order valence-corrected chi connectivity index (χ1v) is 11.7. The van der Waals surface area contributed by atoms with Gasteiger partial charge in [0.25, 0.3) is 0 Å². The third-order valence-corrected chi connectivity index (χ3v) is 6.34. The Morgan fingerprint density at radius 2 is 1.67 bits per heavy atom. The molecule has 0 unspecified atom stereocenters. The lowest BCUT2D eigenvalue weighted by molar-refractivity contribution is 0.248. The minimum absolute atomic E-state index is 0.186. The molecule has 0 heterocycles. The smallest absolute Gasteiger partial charge is 0.319 e. The number of carbonyl (C=O) groups is 1. The lowest BCUT2D eigenvalue weighted by Gasteiger charge is -2.20. The van der Waals surface area contributed by atoms with E-state index < -0.39 is 12.1 Å². The van der Waals surface area contributed by atoms with Crippen molar-refractivity contribution in [3.05, 3.63) is 74.9 Å². The number of hydrogen-bond donors (Lipinski definition) is 2. The van der Waals surface area contributed by atoms with Gasteiger partial charge in [0.2, 0.25) is 11.2 Å². The van der Waals surface area contributed by atoms with Crippen molar-refractivity contribution in [1.29, 1.82) is 0 Å². The molecule has 0 radical (unpaired) electrons. The molecule has 0 spiro atoms. The molecule has 0 saturated heterocycles. The van der Waals surface area contributed by atoms with E-state index in [0.717, 1.165) is 11.1 Å². The van der Waals surface area contributed by atoms with Gasteiger partial charge in [-0.15, -0.1) is 0 Å². The number of rotatable bonds is 6. The Bertz CT molecular complexity index is 1360. The van der Waals surface area contributed by atoms with Crippen LogP contribution in [0.25, 0.3) is 11.1 Å². The minimum Gasteiger partial charge on any atom is -0.493 e. The second kappa shape index (κ2) is 10.8. The van der Waals surface area contributed by atoms with Crippen molar-refractivity contribution in [1.82, 2.24) is 5.32 Å². The second-order valence-electron chi connectivity index (χ2n) is 8.16. The largest absolute Gasteiger partial charge is 0.493 e. The van der Waals surface area contributed by atoms with E-state index in [2.05, 4.69) is 10.6 Å². The van der Waals surface area contributed by atoms with Gasteiger partial charge in [-0.2, -0.15) is 0 Å². The predicted octanol–water partition coefficient (Wildman–Crippen LogP) is 5.21. The van der Waals surface area contributed by atoms with Crippen molar-refractivity contribution in [3.63, 3.8) is 0 Å². The predicted molar refractivity (Wildman–Crippen MR) is 139 cm³/mol. The number of ether oxygens (including phenoxy) is 4. The number of methoxy groups -OCH3 is 4. The molecule has 2 N–H and O–H groups in total. The Morgan fingerprint density at radius 3 is 2.33 bits per heavy atom. The molecule has 2 amide bonds. The Morgan fingerprint density at radius 1 is 0.917 bits per heavy atom. The zero-order valence-electron chi connectivity index (χ0n) is 20.4. The maximum absolute atomic E-state index is 13.0. The molecule has 9 heteroatoms. The van der Waals surface area contributed by atoms with E-state index in [-0.39, 0.29) is 11.2 Å². The molecular formula is C27H27ClN2O6. The molecule has 0 saturated carbocycles. The van der Waals surface area contributed by atoms with E-state index in [1.54, 1.807) is 57.7 Å². The summed E-state index contributed by atoms with van der Waals surface area (Å²) in [6.07, 6.45) is 1.10. The van der Waals surface area contributed by atoms with Crippen LogP contribution in [0.1, 0.15) is 23.6 Å². The van der Waals surface area contributed by atoms with Gasteiger partial charge in [0.1, 0.15) is 0 Å². The van der Waals surface area contributed by atoms with Crippen LogP contribution in [-0.4, -0.2) is 34.5 Å². The number of benzene rings is 2. The van der Waals surface area contributed by atoms with Crippen LogP contribution < -0.4 is 35.0 Å². The number of halogens is 1. The number of carbonyl (C=O) groups excluding carboxylic acids is 1. The summed E-state index contributed by atoms with van der Waals surface area (Å²) in [5.41, 5.74) is 3.30. The molecular weight excluding hydrogens is 484 g/mol. The maximum atomic E-state index is 13.0. The Kier molecular flexibility index (Phi) is 7.55. The highest BCUT2D eigenvalue weighted by molar-refractivity contribution is 6.30. The first-order chi connectivity index (χ1) is 17.4. The molecule has 0 aliphatic heterocycles. The fourth-order valence-corrected chi connectivity index (χ4v) is 4.70. The first-order valence-electron chi connectivity index (χ1n) is 11.3. The number of hydrogen-bond acceptors (Lipinski definition) is 6. The lowest BCUT2D eigenvalue weighted by Crippen LogP contribution is -2.33. The van der Waals surface area contributed by atoms with E-state index in [0.29, 0.717) is 51.9 Å². The number of anilines is 1. The number of aryl methyl sites for hydroxylation is 1. The Labute approximate surface area is 214 Å². The Balaban J connectivity index is 1.85. The average molecular weight is 511 g/mol. The molecule has 1 aliphatic carbocycles. The summed E-state index contributed by atoms with van der Waals surface area (Å²) in [6.45, 7) is 0. The van der Waals surface area contributed by atoms with Gasteiger partial charge in [-0.05, 0) is 65.9 Å². The molecule has 1 aliphatic rings. The summed E-state index contributed by atoms with van der Waals surface area (Å²) < 4.78 is 22.2. The lowest BCUT2D eigenvalue weighted by atomic mass is 9.95. The summed E-state index contributed by atoms with van der Waals surface area (Å²) in [7, 11) is 6.10. The van der Waals surface area contributed by atoms with Crippen LogP contribution in [0.15, 0.2) is 53.3 Å². The van der Waals surface area contributed by atoms with Crippen LogP contribution in [0.5, 0.6) is 23.0 Å². The topological polar surface area (TPSA) is 95.1 Å². The number of amides is 2. The van der Waals surface area contributed by atoms with Gasteiger partial charge in [-0.25, -0.2) is 4.79 Å². The molecule has 3 aromatic carbocycles. The van der Waals surface area contributed by atoms with Crippen LogP contribution in [0.2, 0.25) is 5.02 Å². The van der Waals surface area contributed by atoms with Crippen LogP contribution >= 0.6 is 11.6 Å². The van der Waals surface area contributed by atoms with Crippen LogP contribution in [0.4, 0.5) is 10.5 Å². The van der Waals surface area contributed by atoms with E-state index in [4.69, 9.17) is 30.5 Å². The first kappa shape index (κ1) is 25.2. The molecule has 188 valence electrons. The number of nitrogens with one attached hydrogen (secondary N) is 2. The monoisotopic (exact) mass is 510 g/mol. The summed E-state index contributed by atoms with van der Waals surface area (Å²) in [6, 6.07) is 12.8. The van der Waals surface area contributed by atoms with Crippen LogP contribution in [0, 0.1) is 0 Å². The standard InChI is InChI=1S/C27H27ClN2O6/c1-33-22-11-9-18-19(14-21(22)31)20(30-27(32)29-17-7-5-6-16(28)13-17)10-8-15-12-23(34-2)25(35-3)26(36-4)24(15)18/h5-7,9,11-14,20H,8,10H2,1-4H3,(H2,29,30,32)/t20-/m0/s1. The zero-order chi connectivity index (χ0) is 25.8. The zero-order valence-corrected chi connectivity index (χ0v) is 21.2. The molecule has 0 bridgehead atoms. The van der Waals surface area contributed by atoms with E-state index >= 15 is 0 Å². The van der Waals surface area contributed by atoms with E-state index in [1.165, 1.54) is 13.2 Å². The van der Waals surface area contributed by atoms with Crippen molar-refractivity contribution in [2.24, 2.45) is 0 Å². The SMILES string of the molecule is COc1cc2c(c(OC)c1OC)-c1ccc(OC)c(=O)cc1[C@@H](NC(=O)Nc1cccc(Cl)c1)CC2. The van der Waals surface area contributed by atoms with Crippen LogP contribution in [-0.2, 0) is 6.42 Å². The van der Waals surface area contributed by atoms with Gasteiger partial charge in [0.15, 0.2) is 17.2 Å². The fraction of sp³-hybridized carbons (Fsp3) is 0.259. The molecule has 1 atom stereocenters. The molecule has 36 heavy (non-hydrogen) atoms. The second-order valence-corrected chi connectivity index (χ2v) is 8.60. The van der Waals surface area contributed by atoms with E-state index in [1.807, 2.05) is 6.07 Å². The van der Waals surface area contributed by atoms with Gasteiger partial charge < -0.3 is 29.6 Å². The molecule has 0 aromatic heterocycles. The average Bonchev–Trinajstić information content (AvgIpc) is 3.11. The number of urea groups is 1. The van der Waals surface area contributed by atoms with Gasteiger partial charge in [-0.1, -0.05) is 23.7 Å². The van der Waals surface area contributed by atoms with Crippen LogP contribution in [0.3, 0.4) is 0 Å². The third kappa shape index (κ3) is 4.90. The number of fused-ring (bicyclic) bond motifs is 3. The summed E-state index contributed by atoms with van der Waals surface area (Å²) in [4.78, 5) is 25.9. The van der Waals surface area contributed by atoms with Crippen molar-refractivity contribution >= 4 is 23.3 Å². The minimum atomic E-state index is -0.488. The van der Waals surface area contributed by atoms with Crippen molar-refractivity contribution in [2.75, 3.05) is 33.8 Å². The van der Waals surface area contributed by atoms with Gasteiger partial charge >= 0.3 is 6.03 Å². The van der Waals surface area contributed by atoms with Gasteiger partial charge in [-0.3, -0.25) is 4.79 Å². The van der Waals surface area contributed by atoms with Crippen molar-refractivity contribution < 1.29 is 23.7 Å². The summed E-state index contributed by atoms with van der Waals surface area (Å²) >= 11 is 6.05. The normalized spacial score (nSPS) is 14.0. The molecule has 3 aromatic rings. The molecule has 8 nitrogen and oxygen atoms in total. The van der Waals surface area contributed by atoms with E-state index in [9.17, 15) is 9.59 Å². The molecule has 0 fully saturated rings.